The predicted molar refractivity (Wildman–Crippen MR) is 133 cm³/mol. The van der Waals surface area contributed by atoms with Crippen LogP contribution in [0.5, 0.6) is 11.5 Å². The molecule has 4 rings (SSSR count). The topological polar surface area (TPSA) is 158 Å². The molecule has 1 amide bonds. The largest absolute Gasteiger partial charge is 0.497 e. The second-order valence-corrected chi connectivity index (χ2v) is 13.3. The molecule has 0 heterocycles. The van der Waals surface area contributed by atoms with Crippen LogP contribution in [-0.2, 0) is 34.3 Å². The van der Waals surface area contributed by atoms with Gasteiger partial charge < -0.3 is 29.3 Å². The van der Waals surface area contributed by atoms with Crippen LogP contribution in [0.25, 0.3) is 0 Å². The van der Waals surface area contributed by atoms with Gasteiger partial charge in [0.05, 0.1) is 44.5 Å². The molecule has 0 saturated heterocycles. The van der Waals surface area contributed by atoms with Crippen LogP contribution in [0.15, 0.2) is 18.2 Å². The first-order chi connectivity index (χ1) is 16.8. The smallest absolute Gasteiger partial charge is 0.335 e. The summed E-state index contributed by atoms with van der Waals surface area (Å²) in [7, 11) is -3.14. The number of methoxy groups -OCH3 is 3. The molecule has 1 aromatic carbocycles. The van der Waals surface area contributed by atoms with Gasteiger partial charge in [0, 0.05) is 18.2 Å². The Bertz CT molecular complexity index is 1000. The van der Waals surface area contributed by atoms with E-state index in [0.29, 0.717) is 50.1 Å². The second kappa shape index (κ2) is 12.1. The zero-order valence-electron chi connectivity index (χ0n) is 21.4. The minimum atomic E-state index is -3.86. The lowest BCUT2D eigenvalue weighted by atomic mass is 9.35. The van der Waals surface area contributed by atoms with Gasteiger partial charge in [-0.2, -0.15) is 0 Å². The maximum atomic E-state index is 12.4. The second-order valence-electron chi connectivity index (χ2n) is 9.25. The highest BCUT2D eigenvalue weighted by molar-refractivity contribution is 7.66. The van der Waals surface area contributed by atoms with E-state index in [1.54, 1.807) is 34.1 Å². The summed E-state index contributed by atoms with van der Waals surface area (Å²) in [6.45, 7) is 3.79. The van der Waals surface area contributed by atoms with Gasteiger partial charge in [-0.25, -0.2) is 4.31 Å². The number of amides is 1. The maximum Gasteiger partial charge on any atom is 0.335 e. The number of esters is 1. The van der Waals surface area contributed by atoms with Gasteiger partial charge in [-0.3, -0.25) is 18.7 Å². The SMILES string of the molecule is CCCP(=O)(O)OP(=O)(O)CCC.COC(=O)C12CC(C(=O)NCc3ccc(OC)cc3OC)(C1)C2. The predicted octanol–water partition coefficient (Wildman–Crippen LogP) is 3.86. The van der Waals surface area contributed by atoms with Gasteiger partial charge in [-0.15, -0.1) is 0 Å². The van der Waals surface area contributed by atoms with Crippen LogP contribution in [0.2, 0.25) is 0 Å². The third-order valence-electron chi connectivity index (χ3n) is 6.33. The van der Waals surface area contributed by atoms with Crippen LogP contribution in [-0.4, -0.2) is 55.3 Å². The molecule has 1 aromatic rings. The van der Waals surface area contributed by atoms with Crippen molar-refractivity contribution in [1.29, 1.82) is 0 Å². The molecule has 3 fully saturated rings. The van der Waals surface area contributed by atoms with E-state index >= 15 is 0 Å². The maximum absolute atomic E-state index is 12.4. The molecule has 3 saturated carbocycles. The molecule has 13 heteroatoms. The molecule has 2 bridgehead atoms. The van der Waals surface area contributed by atoms with E-state index in [1.165, 1.54) is 7.11 Å². The van der Waals surface area contributed by atoms with Crippen LogP contribution in [0, 0.1) is 10.8 Å². The zero-order valence-corrected chi connectivity index (χ0v) is 23.2. The van der Waals surface area contributed by atoms with Crippen molar-refractivity contribution in [2.24, 2.45) is 10.8 Å². The minimum Gasteiger partial charge on any atom is -0.497 e. The lowest BCUT2D eigenvalue weighted by molar-refractivity contribution is -0.222. The van der Waals surface area contributed by atoms with E-state index in [9.17, 15) is 18.7 Å². The minimum absolute atomic E-state index is 0.00106. The number of benzene rings is 1. The Balaban J connectivity index is 0.000000302. The van der Waals surface area contributed by atoms with Crippen molar-refractivity contribution in [2.75, 3.05) is 33.7 Å². The van der Waals surface area contributed by atoms with Gasteiger partial charge in [-0.05, 0) is 44.2 Å². The molecule has 0 aliphatic heterocycles. The van der Waals surface area contributed by atoms with Gasteiger partial charge in [0.1, 0.15) is 11.5 Å². The summed E-state index contributed by atoms with van der Waals surface area (Å²) in [5.74, 6) is 1.19. The quantitative estimate of drug-likeness (QED) is 0.258. The number of hydrogen-bond donors (Lipinski definition) is 3. The van der Waals surface area contributed by atoms with Crippen molar-refractivity contribution in [3.63, 3.8) is 0 Å². The molecule has 3 aliphatic carbocycles. The van der Waals surface area contributed by atoms with E-state index in [-0.39, 0.29) is 29.6 Å². The number of carbonyl (C=O) groups excluding carboxylic acids is 2. The fourth-order valence-electron chi connectivity index (χ4n) is 4.67. The normalized spacial score (nSPS) is 24.9. The molecule has 3 aliphatic rings. The summed E-state index contributed by atoms with van der Waals surface area (Å²) in [5.41, 5.74) is 0.105. The first-order valence-corrected chi connectivity index (χ1v) is 15.3. The molecule has 3 N–H and O–H groups in total. The molecule has 0 spiro atoms. The van der Waals surface area contributed by atoms with Crippen molar-refractivity contribution in [3.8, 4) is 11.5 Å². The van der Waals surface area contributed by atoms with Crippen molar-refractivity contribution in [1.82, 2.24) is 5.32 Å². The Hall–Kier alpha value is -1.90. The van der Waals surface area contributed by atoms with Crippen LogP contribution in [0.1, 0.15) is 51.5 Å². The molecule has 0 aromatic heterocycles. The fourth-order valence-corrected chi connectivity index (χ4v) is 8.05. The molecule has 2 atom stereocenters. The zero-order chi connectivity index (χ0) is 27.2. The summed E-state index contributed by atoms with van der Waals surface area (Å²) < 4.78 is 41.8. The van der Waals surface area contributed by atoms with Crippen molar-refractivity contribution in [2.45, 2.75) is 52.5 Å². The molecule has 0 radical (unpaired) electrons. The number of carbonyl (C=O) groups is 2. The summed E-state index contributed by atoms with van der Waals surface area (Å²) >= 11 is 0. The molecular weight excluding hydrogens is 512 g/mol. The van der Waals surface area contributed by atoms with Gasteiger partial charge in [0.25, 0.3) is 0 Å². The highest BCUT2D eigenvalue weighted by atomic mass is 31.3. The molecular formula is C23H37NO10P2. The monoisotopic (exact) mass is 549 g/mol. The Kier molecular flexibility index (Phi) is 10.2. The molecule has 36 heavy (non-hydrogen) atoms. The average molecular weight is 549 g/mol. The van der Waals surface area contributed by atoms with Crippen molar-refractivity contribution in [3.05, 3.63) is 23.8 Å². The first-order valence-electron chi connectivity index (χ1n) is 11.7. The van der Waals surface area contributed by atoms with E-state index in [4.69, 9.17) is 24.0 Å². The Morgan fingerprint density at radius 2 is 1.50 bits per heavy atom. The van der Waals surface area contributed by atoms with Crippen LogP contribution in [0.3, 0.4) is 0 Å². The van der Waals surface area contributed by atoms with Crippen molar-refractivity contribution < 1.29 is 47.0 Å². The fraction of sp³-hybridized carbons (Fsp3) is 0.652. The van der Waals surface area contributed by atoms with Crippen molar-refractivity contribution >= 4 is 27.1 Å². The lowest BCUT2D eigenvalue weighted by Crippen LogP contribution is -2.70. The first kappa shape index (κ1) is 30.3. The lowest BCUT2D eigenvalue weighted by Gasteiger charge is -2.66. The third-order valence-corrected chi connectivity index (χ3v) is 10.4. The third kappa shape index (κ3) is 7.11. The summed E-state index contributed by atoms with van der Waals surface area (Å²) in [4.78, 5) is 42.2. The van der Waals surface area contributed by atoms with E-state index in [0.717, 1.165) is 5.56 Å². The Labute approximate surface area is 211 Å². The summed E-state index contributed by atoms with van der Waals surface area (Å²) in [6.07, 6.45) is 2.51. The Morgan fingerprint density at radius 3 is 1.94 bits per heavy atom. The van der Waals surface area contributed by atoms with E-state index < -0.39 is 20.6 Å². The summed E-state index contributed by atoms with van der Waals surface area (Å²) in [5, 5.41) is 2.95. The van der Waals surface area contributed by atoms with E-state index in [1.807, 2.05) is 12.1 Å². The van der Waals surface area contributed by atoms with Crippen LogP contribution in [0.4, 0.5) is 0 Å². The molecule has 11 nitrogen and oxygen atoms in total. The molecule has 204 valence electrons. The highest BCUT2D eigenvalue weighted by Gasteiger charge is 2.75. The Morgan fingerprint density at radius 1 is 0.944 bits per heavy atom. The summed E-state index contributed by atoms with van der Waals surface area (Å²) in [6, 6.07) is 5.49. The van der Waals surface area contributed by atoms with Crippen LogP contribution < -0.4 is 14.8 Å². The average Bonchev–Trinajstić information content (AvgIpc) is 2.74. The van der Waals surface area contributed by atoms with Crippen LogP contribution >= 0.6 is 15.2 Å². The number of rotatable bonds is 12. The van der Waals surface area contributed by atoms with Gasteiger partial charge in [0.15, 0.2) is 0 Å². The van der Waals surface area contributed by atoms with Gasteiger partial charge in [-0.1, -0.05) is 13.8 Å². The molecule has 2 unspecified atom stereocenters. The number of hydrogen-bond acceptors (Lipinski definition) is 8. The number of ether oxygens (including phenoxy) is 3. The van der Waals surface area contributed by atoms with Gasteiger partial charge >= 0.3 is 21.2 Å². The van der Waals surface area contributed by atoms with Gasteiger partial charge in [0.2, 0.25) is 5.91 Å². The van der Waals surface area contributed by atoms with E-state index in [2.05, 4.69) is 9.63 Å². The number of nitrogens with one attached hydrogen (secondary N) is 1. The highest BCUT2D eigenvalue weighted by Crippen LogP contribution is 2.73. The standard InChI is InChI=1S/C17H21NO5.C6H16O5P2/c1-21-12-5-4-11(13(6-12)22-2)7-18-14(19)16-8-17(9-16,10-16)15(20)23-3;1-3-5-12(7,8)11-13(9,10)6-4-2/h4-6H,7-10H2,1-3H3,(H,18,19);3-6H2,1-2H3,(H,7,8)(H,9,10).